The Balaban J connectivity index is 2.00. The largest absolute Gasteiger partial charge is 0.476 e. The van der Waals surface area contributed by atoms with E-state index in [0.717, 1.165) is 30.6 Å². The monoisotopic (exact) mass is 270 g/mol. The highest BCUT2D eigenvalue weighted by Gasteiger charge is 2.25. The Morgan fingerprint density at radius 2 is 2.11 bits per heavy atom. The third-order valence-electron chi connectivity index (χ3n) is 2.96. The van der Waals surface area contributed by atoms with Crippen LogP contribution < -0.4 is 5.32 Å². The Kier molecular flexibility index (Phi) is 3.93. The van der Waals surface area contributed by atoms with Crippen molar-refractivity contribution in [1.82, 2.24) is 10.3 Å². The van der Waals surface area contributed by atoms with Gasteiger partial charge in [0.25, 0.3) is 5.91 Å². The van der Waals surface area contributed by atoms with Gasteiger partial charge in [-0.2, -0.15) is 0 Å². The number of hydrogen-bond acceptors (Lipinski definition) is 5. The van der Waals surface area contributed by atoms with Gasteiger partial charge in [0.15, 0.2) is 0 Å². The summed E-state index contributed by atoms with van der Waals surface area (Å²) in [7, 11) is 0. The van der Waals surface area contributed by atoms with Crippen LogP contribution in [-0.2, 0) is 0 Å². The van der Waals surface area contributed by atoms with E-state index in [1.54, 1.807) is 0 Å². The first-order chi connectivity index (χ1) is 8.58. The molecule has 2 atom stereocenters. The molecule has 0 bridgehead atoms. The molecule has 0 spiro atoms. The van der Waals surface area contributed by atoms with Gasteiger partial charge in [0.05, 0.1) is 18.3 Å². The lowest BCUT2D eigenvalue weighted by Crippen LogP contribution is -2.44. The van der Waals surface area contributed by atoms with Crippen LogP contribution in [-0.4, -0.2) is 39.2 Å². The Hall–Kier alpha value is -1.47. The van der Waals surface area contributed by atoms with Crippen molar-refractivity contribution < 1.29 is 19.8 Å². The van der Waals surface area contributed by atoms with Crippen LogP contribution in [0.2, 0.25) is 0 Å². The summed E-state index contributed by atoms with van der Waals surface area (Å²) in [6.45, 7) is 0. The van der Waals surface area contributed by atoms with E-state index < -0.39 is 12.1 Å². The van der Waals surface area contributed by atoms with Crippen molar-refractivity contribution in [3.8, 4) is 0 Å². The van der Waals surface area contributed by atoms with E-state index in [0.29, 0.717) is 6.42 Å². The third kappa shape index (κ3) is 2.85. The molecule has 1 amide bonds. The molecule has 1 fully saturated rings. The second-order valence-corrected chi connectivity index (χ2v) is 5.30. The molecule has 1 heterocycles. The van der Waals surface area contributed by atoms with Gasteiger partial charge in [-0.25, -0.2) is 9.78 Å². The van der Waals surface area contributed by atoms with Gasteiger partial charge < -0.3 is 15.5 Å². The minimum absolute atomic E-state index is 0.107. The van der Waals surface area contributed by atoms with E-state index in [9.17, 15) is 14.7 Å². The van der Waals surface area contributed by atoms with Crippen molar-refractivity contribution in [2.24, 2.45) is 0 Å². The molecular weight excluding hydrogens is 256 g/mol. The van der Waals surface area contributed by atoms with Crippen LogP contribution in [0.5, 0.6) is 0 Å². The molecule has 1 saturated carbocycles. The molecule has 0 aromatic carbocycles. The summed E-state index contributed by atoms with van der Waals surface area (Å²) >= 11 is 0.835. The first-order valence-corrected chi connectivity index (χ1v) is 6.57. The molecule has 3 N–H and O–H groups in total. The van der Waals surface area contributed by atoms with Crippen molar-refractivity contribution in [2.75, 3.05) is 0 Å². The number of carbonyl (C=O) groups excluding carboxylic acids is 1. The molecule has 0 radical (unpaired) electrons. The van der Waals surface area contributed by atoms with E-state index in [-0.39, 0.29) is 21.8 Å². The smallest absolute Gasteiger partial charge is 0.365 e. The predicted molar refractivity (Wildman–Crippen MR) is 64.8 cm³/mol. The molecule has 1 aromatic heterocycles. The van der Waals surface area contributed by atoms with Gasteiger partial charge in [-0.3, -0.25) is 4.79 Å². The summed E-state index contributed by atoms with van der Waals surface area (Å²) in [6, 6.07) is -0.248. The molecule has 0 aliphatic heterocycles. The lowest BCUT2D eigenvalue weighted by molar-refractivity contribution is 0.0695. The molecule has 1 aliphatic carbocycles. The standard InChI is InChI=1S/C11H14N2O4S/c14-7-4-2-1-3-6(7)13-9(15)8-5-12-10(18-8)11(16)17/h5-7,14H,1-4H2,(H,13,15)(H,16,17). The minimum Gasteiger partial charge on any atom is -0.476 e. The highest BCUT2D eigenvalue weighted by atomic mass is 32.1. The molecule has 1 aromatic rings. The summed E-state index contributed by atoms with van der Waals surface area (Å²) in [6.07, 6.45) is 4.11. The van der Waals surface area contributed by atoms with Crippen LogP contribution in [0, 0.1) is 0 Å². The topological polar surface area (TPSA) is 99.5 Å². The second-order valence-electron chi connectivity index (χ2n) is 4.27. The van der Waals surface area contributed by atoms with Crippen molar-refractivity contribution in [3.05, 3.63) is 16.1 Å². The maximum Gasteiger partial charge on any atom is 0.365 e. The Morgan fingerprint density at radius 3 is 2.72 bits per heavy atom. The van der Waals surface area contributed by atoms with E-state index >= 15 is 0 Å². The quantitative estimate of drug-likeness (QED) is 0.757. The number of amides is 1. The van der Waals surface area contributed by atoms with Gasteiger partial charge in [-0.15, -0.1) is 11.3 Å². The van der Waals surface area contributed by atoms with E-state index in [4.69, 9.17) is 5.11 Å². The fraction of sp³-hybridized carbons (Fsp3) is 0.545. The average molecular weight is 270 g/mol. The molecular formula is C11H14N2O4S. The molecule has 6 nitrogen and oxygen atoms in total. The number of nitrogens with zero attached hydrogens (tertiary/aromatic N) is 1. The number of carboxylic acids is 1. The van der Waals surface area contributed by atoms with Crippen molar-refractivity contribution in [1.29, 1.82) is 0 Å². The third-order valence-corrected chi connectivity index (χ3v) is 3.94. The van der Waals surface area contributed by atoms with Crippen molar-refractivity contribution >= 4 is 23.2 Å². The molecule has 2 unspecified atom stereocenters. The van der Waals surface area contributed by atoms with E-state index in [1.807, 2.05) is 0 Å². The molecule has 0 saturated heterocycles. The van der Waals surface area contributed by atoms with Gasteiger partial charge in [-0.1, -0.05) is 12.8 Å². The average Bonchev–Trinajstić information content (AvgIpc) is 2.81. The number of nitrogens with one attached hydrogen (secondary N) is 1. The molecule has 18 heavy (non-hydrogen) atoms. The normalized spacial score (nSPS) is 23.6. The zero-order valence-electron chi connectivity index (χ0n) is 9.63. The van der Waals surface area contributed by atoms with E-state index in [2.05, 4.69) is 10.3 Å². The highest BCUT2D eigenvalue weighted by Crippen LogP contribution is 2.19. The highest BCUT2D eigenvalue weighted by molar-refractivity contribution is 7.15. The number of aliphatic hydroxyl groups excluding tert-OH is 1. The Morgan fingerprint density at radius 1 is 1.39 bits per heavy atom. The maximum absolute atomic E-state index is 11.8. The summed E-state index contributed by atoms with van der Waals surface area (Å²) in [5, 5.41) is 21.1. The molecule has 7 heteroatoms. The van der Waals surface area contributed by atoms with Gasteiger partial charge in [0, 0.05) is 0 Å². The number of hydrogen-bond donors (Lipinski definition) is 3. The van der Waals surface area contributed by atoms with Crippen molar-refractivity contribution in [3.63, 3.8) is 0 Å². The number of carboxylic acid groups (broad SMARTS) is 1. The van der Waals surface area contributed by atoms with Crippen LogP contribution in [0.25, 0.3) is 0 Å². The molecule has 2 rings (SSSR count). The summed E-state index contributed by atoms with van der Waals surface area (Å²) in [5.74, 6) is -1.51. The summed E-state index contributed by atoms with van der Waals surface area (Å²) < 4.78 is 0. The number of rotatable bonds is 3. The number of aromatic carboxylic acids is 1. The Bertz CT molecular complexity index is 460. The minimum atomic E-state index is -1.14. The zero-order valence-corrected chi connectivity index (χ0v) is 10.4. The summed E-state index contributed by atoms with van der Waals surface area (Å²) in [5.41, 5.74) is 0. The fourth-order valence-corrected chi connectivity index (χ4v) is 2.66. The first-order valence-electron chi connectivity index (χ1n) is 5.76. The molecule has 1 aliphatic rings. The lowest BCUT2D eigenvalue weighted by Gasteiger charge is -2.28. The lowest BCUT2D eigenvalue weighted by atomic mass is 9.92. The van der Waals surface area contributed by atoms with Crippen LogP contribution in [0.4, 0.5) is 0 Å². The van der Waals surface area contributed by atoms with E-state index in [1.165, 1.54) is 6.20 Å². The maximum atomic E-state index is 11.8. The second kappa shape index (κ2) is 5.45. The number of thiazole rings is 1. The number of carbonyl (C=O) groups is 2. The first kappa shape index (κ1) is 13.0. The van der Waals surface area contributed by atoms with Gasteiger partial charge in [0.2, 0.25) is 5.01 Å². The van der Waals surface area contributed by atoms with Gasteiger partial charge in [-0.05, 0) is 12.8 Å². The fourth-order valence-electron chi connectivity index (χ4n) is 2.00. The number of aromatic nitrogens is 1. The van der Waals surface area contributed by atoms with Crippen molar-refractivity contribution in [2.45, 2.75) is 37.8 Å². The van der Waals surface area contributed by atoms with Crippen LogP contribution in [0.3, 0.4) is 0 Å². The summed E-state index contributed by atoms with van der Waals surface area (Å²) in [4.78, 5) is 26.4. The Labute approximate surface area is 108 Å². The van der Waals surface area contributed by atoms with Crippen LogP contribution >= 0.6 is 11.3 Å². The zero-order chi connectivity index (χ0) is 13.1. The van der Waals surface area contributed by atoms with Gasteiger partial charge >= 0.3 is 5.97 Å². The molecule has 98 valence electrons. The van der Waals surface area contributed by atoms with Gasteiger partial charge in [0.1, 0.15) is 4.88 Å². The SMILES string of the molecule is O=C(NC1CCCCC1O)c1cnc(C(=O)O)s1. The predicted octanol–water partition coefficient (Wildman–Crippen LogP) is 0.875. The van der Waals surface area contributed by atoms with Crippen LogP contribution in [0.15, 0.2) is 6.20 Å². The van der Waals surface area contributed by atoms with Crippen LogP contribution in [0.1, 0.15) is 45.2 Å². The number of aliphatic hydroxyl groups is 1.